The molecule has 4 rings (SSSR count). The molecule has 2 heterocycles. The molecule has 28 heavy (non-hydrogen) atoms. The Balaban J connectivity index is 1.35. The quantitative estimate of drug-likeness (QED) is 0.519. The molecule has 1 fully saturated rings. The van der Waals surface area contributed by atoms with Crippen LogP contribution in [0.4, 0.5) is 0 Å². The molecule has 0 unspecified atom stereocenters. The number of amides is 1. The van der Waals surface area contributed by atoms with Gasteiger partial charge in [0.1, 0.15) is 0 Å². The lowest BCUT2D eigenvalue weighted by Gasteiger charge is -2.35. The highest BCUT2D eigenvalue weighted by Gasteiger charge is 2.23. The van der Waals surface area contributed by atoms with E-state index in [4.69, 9.17) is 0 Å². The van der Waals surface area contributed by atoms with Gasteiger partial charge in [-0.3, -0.25) is 9.69 Å². The molecule has 5 nitrogen and oxygen atoms in total. The SMILES string of the molecule is O=C(c1ccccc1I)N1CCN(Cc2cncn2Cc2ccccc2)CC1. The van der Waals surface area contributed by atoms with Gasteiger partial charge in [0.05, 0.1) is 17.6 Å². The van der Waals surface area contributed by atoms with Crippen LogP contribution in [0.25, 0.3) is 0 Å². The molecule has 0 bridgehead atoms. The van der Waals surface area contributed by atoms with Crippen molar-refractivity contribution in [3.8, 4) is 0 Å². The molecule has 3 aromatic rings. The number of carbonyl (C=O) groups excluding carboxylic acids is 1. The summed E-state index contributed by atoms with van der Waals surface area (Å²) in [6.45, 7) is 4.98. The highest BCUT2D eigenvalue weighted by atomic mass is 127. The summed E-state index contributed by atoms with van der Waals surface area (Å²) in [5.41, 5.74) is 3.29. The second kappa shape index (κ2) is 8.87. The van der Waals surface area contributed by atoms with Gasteiger partial charge >= 0.3 is 0 Å². The third-order valence-corrected chi connectivity index (χ3v) is 6.08. The summed E-state index contributed by atoms with van der Waals surface area (Å²) in [6.07, 6.45) is 3.85. The zero-order valence-corrected chi connectivity index (χ0v) is 17.8. The summed E-state index contributed by atoms with van der Waals surface area (Å²) in [5, 5.41) is 0. The number of hydrogen-bond acceptors (Lipinski definition) is 3. The molecule has 0 spiro atoms. The van der Waals surface area contributed by atoms with Crippen molar-refractivity contribution in [3.05, 3.63) is 87.5 Å². The minimum atomic E-state index is 0.138. The standard InChI is InChI=1S/C22H23IN4O/c23-21-9-5-4-8-20(21)22(28)26-12-10-25(11-13-26)16-19-14-24-17-27(19)15-18-6-2-1-3-7-18/h1-9,14,17H,10-13,15-16H2. The maximum Gasteiger partial charge on any atom is 0.255 e. The molecule has 0 aliphatic carbocycles. The number of imidazole rings is 1. The van der Waals surface area contributed by atoms with Crippen molar-refractivity contribution in [2.75, 3.05) is 26.2 Å². The monoisotopic (exact) mass is 486 g/mol. The molecule has 0 N–H and O–H groups in total. The van der Waals surface area contributed by atoms with Crippen LogP contribution in [0.2, 0.25) is 0 Å². The highest BCUT2D eigenvalue weighted by molar-refractivity contribution is 14.1. The fraction of sp³-hybridized carbons (Fsp3) is 0.273. The third-order valence-electron chi connectivity index (χ3n) is 5.14. The highest BCUT2D eigenvalue weighted by Crippen LogP contribution is 2.16. The van der Waals surface area contributed by atoms with Gasteiger partial charge in [0, 0.05) is 49.0 Å². The zero-order chi connectivity index (χ0) is 19.3. The molecule has 1 aliphatic rings. The van der Waals surface area contributed by atoms with Crippen molar-refractivity contribution in [3.63, 3.8) is 0 Å². The maximum absolute atomic E-state index is 12.8. The van der Waals surface area contributed by atoms with Crippen molar-refractivity contribution < 1.29 is 4.79 Å². The summed E-state index contributed by atoms with van der Waals surface area (Å²) in [4.78, 5) is 21.5. The number of hydrogen-bond donors (Lipinski definition) is 0. The Kier molecular flexibility index (Phi) is 6.07. The molecule has 0 atom stereocenters. The van der Waals surface area contributed by atoms with Crippen LogP contribution < -0.4 is 0 Å². The van der Waals surface area contributed by atoms with Gasteiger partial charge in [-0.1, -0.05) is 42.5 Å². The largest absolute Gasteiger partial charge is 0.336 e. The first kappa shape index (κ1) is 19.1. The van der Waals surface area contributed by atoms with Crippen LogP contribution in [-0.2, 0) is 13.1 Å². The van der Waals surface area contributed by atoms with E-state index in [0.29, 0.717) is 0 Å². The van der Waals surface area contributed by atoms with Gasteiger partial charge in [-0.15, -0.1) is 0 Å². The van der Waals surface area contributed by atoms with Gasteiger partial charge in [-0.05, 0) is 40.3 Å². The lowest BCUT2D eigenvalue weighted by molar-refractivity contribution is 0.0624. The molecule has 144 valence electrons. The number of halogens is 1. The Morgan fingerprint density at radius 2 is 1.64 bits per heavy atom. The van der Waals surface area contributed by atoms with E-state index in [0.717, 1.165) is 48.4 Å². The minimum Gasteiger partial charge on any atom is -0.336 e. The lowest BCUT2D eigenvalue weighted by Crippen LogP contribution is -2.48. The van der Waals surface area contributed by atoms with Crippen LogP contribution in [-0.4, -0.2) is 51.4 Å². The fourth-order valence-corrected chi connectivity index (χ4v) is 4.16. The first-order chi connectivity index (χ1) is 13.7. The van der Waals surface area contributed by atoms with E-state index in [1.54, 1.807) is 0 Å². The van der Waals surface area contributed by atoms with Crippen LogP contribution in [0.15, 0.2) is 67.1 Å². The number of benzene rings is 2. The van der Waals surface area contributed by atoms with Crippen molar-refractivity contribution in [2.24, 2.45) is 0 Å². The first-order valence-electron chi connectivity index (χ1n) is 9.50. The van der Waals surface area contributed by atoms with Crippen LogP contribution in [0, 0.1) is 3.57 Å². The van der Waals surface area contributed by atoms with Crippen molar-refractivity contribution >= 4 is 28.5 Å². The molecule has 0 radical (unpaired) electrons. The molecule has 1 saturated heterocycles. The van der Waals surface area contributed by atoms with E-state index < -0.39 is 0 Å². The van der Waals surface area contributed by atoms with E-state index in [1.165, 1.54) is 11.3 Å². The molecule has 1 aliphatic heterocycles. The molecule has 1 amide bonds. The number of piperazine rings is 1. The zero-order valence-electron chi connectivity index (χ0n) is 15.7. The van der Waals surface area contributed by atoms with Gasteiger partial charge < -0.3 is 9.47 Å². The first-order valence-corrected chi connectivity index (χ1v) is 10.6. The molecular weight excluding hydrogens is 463 g/mol. The Morgan fingerprint density at radius 3 is 2.39 bits per heavy atom. The predicted molar refractivity (Wildman–Crippen MR) is 118 cm³/mol. The smallest absolute Gasteiger partial charge is 0.255 e. The van der Waals surface area contributed by atoms with Crippen molar-refractivity contribution in [1.29, 1.82) is 0 Å². The minimum absolute atomic E-state index is 0.138. The third kappa shape index (κ3) is 4.44. The normalized spacial score (nSPS) is 15.0. The number of aromatic nitrogens is 2. The molecular formula is C22H23IN4O. The summed E-state index contributed by atoms with van der Waals surface area (Å²) in [6, 6.07) is 18.2. The van der Waals surface area contributed by atoms with Crippen molar-refractivity contribution in [1.82, 2.24) is 19.4 Å². The van der Waals surface area contributed by atoms with Crippen LogP contribution in [0.5, 0.6) is 0 Å². The van der Waals surface area contributed by atoms with Gasteiger partial charge in [-0.2, -0.15) is 0 Å². The second-order valence-corrected chi connectivity index (χ2v) is 8.21. The lowest BCUT2D eigenvalue weighted by atomic mass is 10.2. The summed E-state index contributed by atoms with van der Waals surface area (Å²) >= 11 is 2.24. The van der Waals surface area contributed by atoms with Crippen LogP contribution in [0.3, 0.4) is 0 Å². The Hall–Kier alpha value is -2.19. The van der Waals surface area contributed by atoms with Gasteiger partial charge in [0.2, 0.25) is 0 Å². The van der Waals surface area contributed by atoms with E-state index in [2.05, 4.69) is 61.3 Å². The van der Waals surface area contributed by atoms with Gasteiger partial charge in [0.25, 0.3) is 5.91 Å². The topological polar surface area (TPSA) is 41.4 Å². The number of carbonyl (C=O) groups is 1. The van der Waals surface area contributed by atoms with E-state index in [1.807, 2.05) is 47.8 Å². The number of nitrogens with zero attached hydrogens (tertiary/aromatic N) is 4. The van der Waals surface area contributed by atoms with E-state index >= 15 is 0 Å². The molecule has 2 aromatic carbocycles. The maximum atomic E-state index is 12.8. The number of rotatable bonds is 5. The Bertz CT molecular complexity index is 932. The van der Waals surface area contributed by atoms with Crippen molar-refractivity contribution in [2.45, 2.75) is 13.1 Å². The predicted octanol–water partition coefficient (Wildman–Crippen LogP) is 3.49. The van der Waals surface area contributed by atoms with Gasteiger partial charge in [-0.25, -0.2) is 4.98 Å². The molecule has 1 aromatic heterocycles. The summed E-state index contributed by atoms with van der Waals surface area (Å²) in [7, 11) is 0. The van der Waals surface area contributed by atoms with Crippen LogP contribution in [0.1, 0.15) is 21.6 Å². The van der Waals surface area contributed by atoms with E-state index in [9.17, 15) is 4.79 Å². The Morgan fingerprint density at radius 1 is 0.929 bits per heavy atom. The second-order valence-electron chi connectivity index (χ2n) is 7.05. The molecule has 0 saturated carbocycles. The fourth-order valence-electron chi connectivity index (χ4n) is 3.55. The van der Waals surface area contributed by atoms with Crippen LogP contribution >= 0.6 is 22.6 Å². The Labute approximate surface area is 179 Å². The average molecular weight is 486 g/mol. The average Bonchev–Trinajstić information content (AvgIpc) is 3.16. The molecule has 6 heteroatoms. The summed E-state index contributed by atoms with van der Waals surface area (Å²) < 4.78 is 3.22. The van der Waals surface area contributed by atoms with Gasteiger partial charge in [0.15, 0.2) is 0 Å². The summed E-state index contributed by atoms with van der Waals surface area (Å²) in [5.74, 6) is 0.138. The van der Waals surface area contributed by atoms with E-state index in [-0.39, 0.29) is 5.91 Å².